The van der Waals surface area contributed by atoms with E-state index >= 15 is 0 Å². The van der Waals surface area contributed by atoms with E-state index in [9.17, 15) is 4.79 Å². The minimum atomic E-state index is 0.0644. The van der Waals surface area contributed by atoms with Gasteiger partial charge < -0.3 is 9.88 Å². The monoisotopic (exact) mass is 206 g/mol. The fourth-order valence-electron chi connectivity index (χ4n) is 2.11. The zero-order valence-electron chi connectivity index (χ0n) is 9.04. The highest BCUT2D eigenvalue weighted by atomic mass is 16.1. The summed E-state index contributed by atoms with van der Waals surface area (Å²) in [6.07, 6.45) is 6.54. The fraction of sp³-hybridized carbons (Fsp3) is 0.583. The Morgan fingerprint density at radius 2 is 2.07 bits per heavy atom. The first-order valence-electron chi connectivity index (χ1n) is 5.75. The van der Waals surface area contributed by atoms with Gasteiger partial charge in [0.25, 0.3) is 5.56 Å². The van der Waals surface area contributed by atoms with E-state index in [2.05, 4.69) is 9.88 Å². The van der Waals surface area contributed by atoms with Crippen LogP contribution in [0.15, 0.2) is 23.1 Å². The molecular formula is C12H18N2O. The van der Waals surface area contributed by atoms with Crippen molar-refractivity contribution in [3.05, 3.63) is 34.2 Å². The number of nitrogens with one attached hydrogen (secondary N) is 1. The van der Waals surface area contributed by atoms with E-state index in [1.807, 2.05) is 12.1 Å². The molecule has 0 unspecified atom stereocenters. The molecule has 0 aromatic carbocycles. The van der Waals surface area contributed by atoms with Crippen molar-refractivity contribution < 1.29 is 0 Å². The van der Waals surface area contributed by atoms with Crippen molar-refractivity contribution in [3.8, 4) is 0 Å². The van der Waals surface area contributed by atoms with Crippen molar-refractivity contribution in [1.82, 2.24) is 9.88 Å². The summed E-state index contributed by atoms with van der Waals surface area (Å²) in [6, 6.07) is 3.82. The standard InChI is InChI=1S/C12H18N2O/c15-12-11(5-4-7-13-12)6-10-14-8-2-1-3-9-14/h4-5,7H,1-3,6,8-10H2,(H,13,15). The lowest BCUT2D eigenvalue weighted by atomic mass is 10.1. The third-order valence-electron chi connectivity index (χ3n) is 3.05. The maximum atomic E-state index is 11.4. The molecule has 3 nitrogen and oxygen atoms in total. The van der Waals surface area contributed by atoms with Gasteiger partial charge in [0.2, 0.25) is 0 Å². The molecule has 0 spiro atoms. The minimum absolute atomic E-state index is 0.0644. The summed E-state index contributed by atoms with van der Waals surface area (Å²) in [5.41, 5.74) is 0.970. The highest BCUT2D eigenvalue weighted by Gasteiger charge is 2.10. The van der Waals surface area contributed by atoms with Gasteiger partial charge in [-0.25, -0.2) is 0 Å². The molecule has 2 heterocycles. The van der Waals surface area contributed by atoms with Gasteiger partial charge in [-0.1, -0.05) is 12.5 Å². The zero-order chi connectivity index (χ0) is 10.5. The van der Waals surface area contributed by atoms with Crippen molar-refractivity contribution >= 4 is 0 Å². The van der Waals surface area contributed by atoms with E-state index in [0.717, 1.165) is 18.5 Å². The van der Waals surface area contributed by atoms with Crippen LogP contribution in [0.2, 0.25) is 0 Å². The number of hydrogen-bond acceptors (Lipinski definition) is 2. The van der Waals surface area contributed by atoms with Crippen molar-refractivity contribution in [3.63, 3.8) is 0 Å². The fourth-order valence-corrected chi connectivity index (χ4v) is 2.11. The molecule has 1 fully saturated rings. The molecule has 2 rings (SSSR count). The number of nitrogens with zero attached hydrogens (tertiary/aromatic N) is 1. The lowest BCUT2D eigenvalue weighted by Crippen LogP contribution is -2.32. The van der Waals surface area contributed by atoms with E-state index < -0.39 is 0 Å². The first-order chi connectivity index (χ1) is 7.36. The molecular weight excluding hydrogens is 188 g/mol. The number of H-pyrrole nitrogens is 1. The van der Waals surface area contributed by atoms with E-state index in [0.29, 0.717) is 0 Å². The average Bonchev–Trinajstić information content (AvgIpc) is 2.29. The average molecular weight is 206 g/mol. The number of rotatable bonds is 3. The Morgan fingerprint density at radius 1 is 1.27 bits per heavy atom. The molecule has 0 saturated carbocycles. The van der Waals surface area contributed by atoms with Gasteiger partial charge in [0.1, 0.15) is 0 Å². The van der Waals surface area contributed by atoms with Gasteiger partial charge in [-0.15, -0.1) is 0 Å². The van der Waals surface area contributed by atoms with Crippen LogP contribution in [0.25, 0.3) is 0 Å². The van der Waals surface area contributed by atoms with Crippen LogP contribution < -0.4 is 5.56 Å². The van der Waals surface area contributed by atoms with Crippen LogP contribution in [-0.2, 0) is 6.42 Å². The molecule has 1 aromatic rings. The predicted octanol–water partition coefficient (Wildman–Crippen LogP) is 1.40. The quantitative estimate of drug-likeness (QED) is 0.811. The largest absolute Gasteiger partial charge is 0.329 e. The predicted molar refractivity (Wildman–Crippen MR) is 61.1 cm³/mol. The summed E-state index contributed by atoms with van der Waals surface area (Å²) in [5.74, 6) is 0. The van der Waals surface area contributed by atoms with E-state index in [-0.39, 0.29) is 5.56 Å². The second-order valence-corrected chi connectivity index (χ2v) is 4.18. The number of likely N-dealkylation sites (tertiary alicyclic amines) is 1. The van der Waals surface area contributed by atoms with Crippen molar-refractivity contribution in [1.29, 1.82) is 0 Å². The number of pyridine rings is 1. The van der Waals surface area contributed by atoms with Gasteiger partial charge in [0.15, 0.2) is 0 Å². The molecule has 0 amide bonds. The highest BCUT2D eigenvalue weighted by Crippen LogP contribution is 2.08. The molecule has 1 aliphatic heterocycles. The van der Waals surface area contributed by atoms with Gasteiger partial charge in [-0.3, -0.25) is 4.79 Å². The van der Waals surface area contributed by atoms with Crippen LogP contribution >= 0.6 is 0 Å². The van der Waals surface area contributed by atoms with Gasteiger partial charge in [0, 0.05) is 18.3 Å². The van der Waals surface area contributed by atoms with Gasteiger partial charge in [-0.2, -0.15) is 0 Å². The molecule has 1 N–H and O–H groups in total. The number of aromatic amines is 1. The molecule has 0 bridgehead atoms. The Morgan fingerprint density at radius 3 is 2.80 bits per heavy atom. The maximum absolute atomic E-state index is 11.4. The van der Waals surface area contributed by atoms with Crippen LogP contribution in [0.3, 0.4) is 0 Å². The maximum Gasteiger partial charge on any atom is 0.251 e. The van der Waals surface area contributed by atoms with Crippen LogP contribution in [-0.4, -0.2) is 29.5 Å². The summed E-state index contributed by atoms with van der Waals surface area (Å²) in [7, 11) is 0. The zero-order valence-corrected chi connectivity index (χ0v) is 9.04. The second kappa shape index (κ2) is 5.12. The normalized spacial score (nSPS) is 17.9. The van der Waals surface area contributed by atoms with E-state index in [1.54, 1.807) is 6.20 Å². The third-order valence-corrected chi connectivity index (χ3v) is 3.05. The van der Waals surface area contributed by atoms with E-state index in [1.165, 1.54) is 32.4 Å². The number of hydrogen-bond donors (Lipinski definition) is 1. The van der Waals surface area contributed by atoms with Crippen LogP contribution in [0.4, 0.5) is 0 Å². The topological polar surface area (TPSA) is 36.1 Å². The Labute approximate surface area is 90.1 Å². The van der Waals surface area contributed by atoms with Crippen LogP contribution in [0, 0.1) is 0 Å². The number of piperidine rings is 1. The first kappa shape index (κ1) is 10.4. The van der Waals surface area contributed by atoms with Gasteiger partial charge >= 0.3 is 0 Å². The molecule has 0 atom stereocenters. The Balaban J connectivity index is 1.87. The summed E-state index contributed by atoms with van der Waals surface area (Å²) in [6.45, 7) is 3.42. The molecule has 15 heavy (non-hydrogen) atoms. The molecule has 0 radical (unpaired) electrons. The summed E-state index contributed by atoms with van der Waals surface area (Å²) < 4.78 is 0. The molecule has 1 aromatic heterocycles. The van der Waals surface area contributed by atoms with Crippen molar-refractivity contribution in [2.75, 3.05) is 19.6 Å². The summed E-state index contributed by atoms with van der Waals surface area (Å²) in [5, 5.41) is 0. The highest BCUT2D eigenvalue weighted by molar-refractivity contribution is 5.09. The summed E-state index contributed by atoms with van der Waals surface area (Å²) >= 11 is 0. The smallest absolute Gasteiger partial charge is 0.251 e. The second-order valence-electron chi connectivity index (χ2n) is 4.18. The SMILES string of the molecule is O=c1[nH]cccc1CCN1CCCCC1. The lowest BCUT2D eigenvalue weighted by molar-refractivity contribution is 0.231. The molecule has 0 aliphatic carbocycles. The Hall–Kier alpha value is -1.09. The Bertz CT molecular complexity index is 353. The Kier molecular flexibility index (Phi) is 3.56. The minimum Gasteiger partial charge on any atom is -0.329 e. The van der Waals surface area contributed by atoms with Crippen molar-refractivity contribution in [2.45, 2.75) is 25.7 Å². The van der Waals surface area contributed by atoms with E-state index in [4.69, 9.17) is 0 Å². The lowest BCUT2D eigenvalue weighted by Gasteiger charge is -2.26. The summed E-state index contributed by atoms with van der Waals surface area (Å²) in [4.78, 5) is 16.6. The van der Waals surface area contributed by atoms with Crippen LogP contribution in [0.1, 0.15) is 24.8 Å². The number of aromatic nitrogens is 1. The molecule has 82 valence electrons. The van der Waals surface area contributed by atoms with Gasteiger partial charge in [0.05, 0.1) is 0 Å². The van der Waals surface area contributed by atoms with Gasteiger partial charge in [-0.05, 0) is 38.4 Å². The molecule has 1 saturated heterocycles. The third kappa shape index (κ3) is 2.93. The first-order valence-corrected chi connectivity index (χ1v) is 5.75. The molecule has 3 heteroatoms. The van der Waals surface area contributed by atoms with Crippen LogP contribution in [0.5, 0.6) is 0 Å². The van der Waals surface area contributed by atoms with Crippen molar-refractivity contribution in [2.24, 2.45) is 0 Å². The molecule has 1 aliphatic rings.